The highest BCUT2D eigenvalue weighted by Gasteiger charge is 2.22. The topological polar surface area (TPSA) is 35.2 Å². The Morgan fingerprint density at radius 2 is 1.82 bits per heavy atom. The number of hydrogen-bond acceptors (Lipinski definition) is 2. The van der Waals surface area contributed by atoms with Gasteiger partial charge in [-0.15, -0.1) is 0 Å². The maximum absolute atomic E-state index is 6.13. The molecule has 2 N–H and O–H groups in total. The predicted octanol–water partition coefficient (Wildman–Crippen LogP) is 3.49. The van der Waals surface area contributed by atoms with Crippen molar-refractivity contribution in [3.05, 3.63) is 23.3 Å². The largest absolute Gasteiger partial charge is 0.547 e. The van der Waals surface area contributed by atoms with Crippen molar-refractivity contribution in [3.63, 3.8) is 0 Å². The van der Waals surface area contributed by atoms with Gasteiger partial charge < -0.3 is 10.2 Å². The van der Waals surface area contributed by atoms with Gasteiger partial charge in [-0.05, 0) is 36.6 Å². The van der Waals surface area contributed by atoms with Crippen LogP contribution in [0.4, 0.5) is 5.69 Å². The summed E-state index contributed by atoms with van der Waals surface area (Å²) in [5.74, 6) is 1.04. The van der Waals surface area contributed by atoms with Crippen molar-refractivity contribution in [2.75, 3.05) is 5.73 Å². The summed E-state index contributed by atoms with van der Waals surface area (Å²) in [6.45, 7) is 13.2. The van der Waals surface area contributed by atoms with Crippen LogP contribution in [0.5, 0.6) is 5.75 Å². The van der Waals surface area contributed by atoms with E-state index >= 15 is 0 Å². The minimum Gasteiger partial charge on any atom is -0.547 e. The van der Waals surface area contributed by atoms with Crippen molar-refractivity contribution in [1.82, 2.24) is 0 Å². The lowest BCUT2D eigenvalue weighted by atomic mass is 9.84. The fourth-order valence-corrected chi connectivity index (χ4v) is 2.71. The third-order valence-corrected chi connectivity index (χ3v) is 3.52. The second kappa shape index (κ2) is 5.13. The first-order valence-electron chi connectivity index (χ1n) is 6.35. The van der Waals surface area contributed by atoms with Crippen molar-refractivity contribution in [3.8, 4) is 5.75 Å². The molecule has 0 aliphatic carbocycles. The first-order chi connectivity index (χ1) is 7.77. The van der Waals surface area contributed by atoms with Gasteiger partial charge in [0.2, 0.25) is 9.04 Å². The van der Waals surface area contributed by atoms with Gasteiger partial charge in [-0.25, -0.2) is 0 Å². The second-order valence-corrected chi connectivity index (χ2v) is 8.11. The van der Waals surface area contributed by atoms with Crippen LogP contribution in [-0.2, 0) is 11.8 Å². The van der Waals surface area contributed by atoms with Gasteiger partial charge in [-0.1, -0.05) is 33.8 Å². The van der Waals surface area contributed by atoms with E-state index in [1.165, 1.54) is 11.1 Å². The fraction of sp³-hybridized carbons (Fsp3) is 0.571. The lowest BCUT2D eigenvalue weighted by Crippen LogP contribution is -2.20. The quantitative estimate of drug-likeness (QED) is 0.659. The SMILES string of the molecule is CCc1c(N)ccc(C(C)(C)C)c1O[SiH](C)C. The van der Waals surface area contributed by atoms with Gasteiger partial charge in [0.1, 0.15) is 5.75 Å². The van der Waals surface area contributed by atoms with Crippen molar-refractivity contribution >= 4 is 14.7 Å². The lowest BCUT2D eigenvalue weighted by molar-refractivity contribution is 0.515. The number of benzene rings is 1. The smallest absolute Gasteiger partial charge is 0.229 e. The number of nitrogens with two attached hydrogens (primary N) is 1. The summed E-state index contributed by atoms with van der Waals surface area (Å²) >= 11 is 0. The summed E-state index contributed by atoms with van der Waals surface area (Å²) in [6.07, 6.45) is 0.923. The molecule has 1 rings (SSSR count). The predicted molar refractivity (Wildman–Crippen MR) is 78.4 cm³/mol. The molecule has 96 valence electrons. The number of rotatable bonds is 3. The molecule has 0 aromatic heterocycles. The molecule has 0 spiro atoms. The molecule has 0 fully saturated rings. The number of hydrogen-bond donors (Lipinski definition) is 1. The zero-order chi connectivity index (χ0) is 13.2. The van der Waals surface area contributed by atoms with E-state index in [0.717, 1.165) is 17.9 Å². The number of anilines is 1. The van der Waals surface area contributed by atoms with Crippen molar-refractivity contribution in [2.24, 2.45) is 0 Å². The van der Waals surface area contributed by atoms with Crippen LogP contribution in [0, 0.1) is 0 Å². The Bertz CT molecular complexity index is 394. The zero-order valence-electron chi connectivity index (χ0n) is 11.9. The molecule has 0 aliphatic rings. The van der Waals surface area contributed by atoms with Crippen LogP contribution in [0.2, 0.25) is 13.1 Å². The third kappa shape index (κ3) is 3.25. The number of nitrogen functional groups attached to an aromatic ring is 1. The Kier molecular flexibility index (Phi) is 4.25. The van der Waals surface area contributed by atoms with Crippen LogP contribution >= 0.6 is 0 Å². The van der Waals surface area contributed by atoms with Crippen LogP contribution in [0.3, 0.4) is 0 Å². The van der Waals surface area contributed by atoms with Crippen molar-refractivity contribution < 1.29 is 4.43 Å². The Labute approximate surface area is 107 Å². The average molecular weight is 251 g/mol. The van der Waals surface area contributed by atoms with Crippen LogP contribution in [0.25, 0.3) is 0 Å². The third-order valence-electron chi connectivity index (χ3n) is 2.81. The molecule has 0 radical (unpaired) electrons. The molecule has 0 saturated heterocycles. The minimum atomic E-state index is -1.12. The molecule has 17 heavy (non-hydrogen) atoms. The van der Waals surface area contributed by atoms with Gasteiger partial charge in [0.05, 0.1) is 0 Å². The maximum atomic E-state index is 6.13. The molecule has 3 heteroatoms. The van der Waals surface area contributed by atoms with E-state index in [9.17, 15) is 0 Å². The van der Waals surface area contributed by atoms with Crippen LogP contribution < -0.4 is 10.2 Å². The first kappa shape index (κ1) is 14.1. The molecule has 0 unspecified atom stereocenters. The van der Waals surface area contributed by atoms with Gasteiger partial charge in [-0.2, -0.15) is 0 Å². The lowest BCUT2D eigenvalue weighted by Gasteiger charge is -2.27. The Morgan fingerprint density at radius 1 is 1.24 bits per heavy atom. The maximum Gasteiger partial charge on any atom is 0.229 e. The summed E-state index contributed by atoms with van der Waals surface area (Å²) in [5.41, 5.74) is 9.43. The monoisotopic (exact) mass is 251 g/mol. The molecule has 0 saturated carbocycles. The van der Waals surface area contributed by atoms with E-state index in [-0.39, 0.29) is 5.41 Å². The Morgan fingerprint density at radius 3 is 2.24 bits per heavy atom. The molecule has 2 nitrogen and oxygen atoms in total. The van der Waals surface area contributed by atoms with Crippen LogP contribution in [0.15, 0.2) is 12.1 Å². The first-order valence-corrected chi connectivity index (χ1v) is 9.14. The highest BCUT2D eigenvalue weighted by molar-refractivity contribution is 6.49. The fourth-order valence-electron chi connectivity index (χ4n) is 1.97. The van der Waals surface area contributed by atoms with Crippen LogP contribution in [0.1, 0.15) is 38.8 Å². The second-order valence-electron chi connectivity index (χ2n) is 5.78. The van der Waals surface area contributed by atoms with Gasteiger partial charge in [0, 0.05) is 11.3 Å². The molecule has 0 amide bonds. The van der Waals surface area contributed by atoms with Gasteiger partial charge in [-0.3, -0.25) is 0 Å². The summed E-state index contributed by atoms with van der Waals surface area (Å²) < 4.78 is 6.13. The van der Waals surface area contributed by atoms with Crippen molar-refractivity contribution in [1.29, 1.82) is 0 Å². The van der Waals surface area contributed by atoms with E-state index in [2.05, 4.69) is 46.9 Å². The summed E-state index contributed by atoms with van der Waals surface area (Å²) in [5, 5.41) is 0. The molecule has 0 bridgehead atoms. The highest BCUT2D eigenvalue weighted by atomic mass is 28.3. The van der Waals surface area contributed by atoms with E-state index in [4.69, 9.17) is 10.2 Å². The van der Waals surface area contributed by atoms with Gasteiger partial charge >= 0.3 is 0 Å². The van der Waals surface area contributed by atoms with E-state index in [1.807, 2.05) is 6.07 Å². The molecule has 1 aromatic rings. The average Bonchev–Trinajstić information content (AvgIpc) is 2.15. The van der Waals surface area contributed by atoms with Crippen molar-refractivity contribution in [2.45, 2.75) is 52.6 Å². The standard InChI is InChI=1S/C14H25NOSi/c1-7-10-12(15)9-8-11(14(2,3)4)13(10)16-17(5)6/h8-9,17H,7,15H2,1-6H3. The molecule has 1 aromatic carbocycles. The summed E-state index contributed by atoms with van der Waals surface area (Å²) in [4.78, 5) is 0. The molecule has 0 aliphatic heterocycles. The van der Waals surface area contributed by atoms with Gasteiger partial charge in [0.15, 0.2) is 0 Å². The summed E-state index contributed by atoms with van der Waals surface area (Å²) in [6, 6.07) is 4.12. The van der Waals surface area contributed by atoms with E-state index in [1.54, 1.807) is 0 Å². The normalized spacial score (nSPS) is 11.9. The molecule has 0 heterocycles. The zero-order valence-corrected chi connectivity index (χ0v) is 13.1. The highest BCUT2D eigenvalue weighted by Crippen LogP contribution is 2.37. The Hall–Kier alpha value is -0.963. The molecular formula is C14H25NOSi. The van der Waals surface area contributed by atoms with E-state index < -0.39 is 9.04 Å². The molecule has 0 atom stereocenters. The molecular weight excluding hydrogens is 226 g/mol. The minimum absolute atomic E-state index is 0.0935. The summed E-state index contributed by atoms with van der Waals surface area (Å²) in [7, 11) is -1.12. The van der Waals surface area contributed by atoms with Gasteiger partial charge in [0.25, 0.3) is 0 Å². The van der Waals surface area contributed by atoms with E-state index in [0.29, 0.717) is 0 Å². The van der Waals surface area contributed by atoms with Crippen LogP contribution in [-0.4, -0.2) is 9.04 Å². The Balaban J connectivity index is 3.40.